The first kappa shape index (κ1) is 17.2. The summed E-state index contributed by atoms with van der Waals surface area (Å²) in [6.07, 6.45) is 11.4. The molecule has 0 radical (unpaired) electrons. The first-order chi connectivity index (χ1) is 9.76. The molecule has 0 aliphatic rings. The SMILES string of the molecule is CCCCCC(CCCCC)NCCc1noc(C)n1. The standard InChI is InChI=1S/C16H31N3O/c1-4-6-8-10-15(11-9-7-5-2)17-13-12-16-18-14(3)20-19-16/h15,17H,4-13H2,1-3H3. The van der Waals surface area contributed by atoms with E-state index < -0.39 is 0 Å². The first-order valence-electron chi connectivity index (χ1n) is 8.28. The Hall–Kier alpha value is -0.900. The molecule has 116 valence electrons. The number of rotatable bonds is 12. The van der Waals surface area contributed by atoms with E-state index in [2.05, 4.69) is 29.3 Å². The number of aryl methyl sites for hydroxylation is 1. The van der Waals surface area contributed by atoms with Crippen LogP contribution in [-0.2, 0) is 6.42 Å². The quantitative estimate of drug-likeness (QED) is 0.587. The summed E-state index contributed by atoms with van der Waals surface area (Å²) in [5.41, 5.74) is 0. The summed E-state index contributed by atoms with van der Waals surface area (Å²) in [6.45, 7) is 7.31. The van der Waals surface area contributed by atoms with Gasteiger partial charge in [-0.1, -0.05) is 57.5 Å². The summed E-state index contributed by atoms with van der Waals surface area (Å²) in [4.78, 5) is 4.24. The molecule has 0 aliphatic heterocycles. The normalized spacial score (nSPS) is 11.4. The van der Waals surface area contributed by atoms with Crippen LogP contribution in [0.25, 0.3) is 0 Å². The second kappa shape index (κ2) is 10.8. The lowest BCUT2D eigenvalue weighted by atomic mass is 10.0. The van der Waals surface area contributed by atoms with E-state index in [0.717, 1.165) is 18.8 Å². The van der Waals surface area contributed by atoms with Crippen LogP contribution in [0.1, 0.15) is 76.9 Å². The molecule has 1 aromatic heterocycles. The van der Waals surface area contributed by atoms with Gasteiger partial charge in [-0.25, -0.2) is 0 Å². The maximum Gasteiger partial charge on any atom is 0.223 e. The van der Waals surface area contributed by atoms with E-state index in [1.165, 1.54) is 51.4 Å². The molecule has 0 unspecified atom stereocenters. The Morgan fingerprint density at radius 3 is 2.20 bits per heavy atom. The highest BCUT2D eigenvalue weighted by molar-refractivity contribution is 4.85. The fourth-order valence-corrected chi connectivity index (χ4v) is 2.46. The van der Waals surface area contributed by atoms with Crippen LogP contribution in [0.15, 0.2) is 4.52 Å². The van der Waals surface area contributed by atoms with Crippen molar-refractivity contribution in [2.45, 2.75) is 84.6 Å². The number of hydrogen-bond acceptors (Lipinski definition) is 4. The van der Waals surface area contributed by atoms with E-state index in [4.69, 9.17) is 4.52 Å². The molecule has 0 saturated heterocycles. The molecule has 0 fully saturated rings. The van der Waals surface area contributed by atoms with E-state index in [-0.39, 0.29) is 0 Å². The first-order valence-corrected chi connectivity index (χ1v) is 8.28. The molecule has 20 heavy (non-hydrogen) atoms. The molecule has 0 spiro atoms. The Bertz CT molecular complexity index is 328. The summed E-state index contributed by atoms with van der Waals surface area (Å²) >= 11 is 0. The Labute approximate surface area is 123 Å². The number of unbranched alkanes of at least 4 members (excludes halogenated alkanes) is 4. The van der Waals surface area contributed by atoms with Crippen LogP contribution < -0.4 is 5.32 Å². The van der Waals surface area contributed by atoms with Crippen molar-refractivity contribution < 1.29 is 4.52 Å². The molecule has 0 amide bonds. The van der Waals surface area contributed by atoms with E-state index in [0.29, 0.717) is 11.9 Å². The number of aromatic nitrogens is 2. The van der Waals surface area contributed by atoms with E-state index in [1.54, 1.807) is 0 Å². The molecule has 1 rings (SSSR count). The highest BCUT2D eigenvalue weighted by Crippen LogP contribution is 2.11. The molecule has 0 atom stereocenters. The zero-order valence-corrected chi connectivity index (χ0v) is 13.5. The average molecular weight is 281 g/mol. The van der Waals surface area contributed by atoms with Gasteiger partial charge in [0.15, 0.2) is 5.82 Å². The third-order valence-electron chi connectivity index (χ3n) is 3.66. The summed E-state index contributed by atoms with van der Waals surface area (Å²) in [5, 5.41) is 7.61. The summed E-state index contributed by atoms with van der Waals surface area (Å²) < 4.78 is 4.99. The second-order valence-corrected chi connectivity index (χ2v) is 5.62. The van der Waals surface area contributed by atoms with Crippen molar-refractivity contribution in [3.8, 4) is 0 Å². The van der Waals surface area contributed by atoms with Crippen LogP contribution in [0.5, 0.6) is 0 Å². The molecule has 1 N–H and O–H groups in total. The topological polar surface area (TPSA) is 51.0 Å². The Morgan fingerprint density at radius 1 is 1.05 bits per heavy atom. The third-order valence-corrected chi connectivity index (χ3v) is 3.66. The van der Waals surface area contributed by atoms with Gasteiger partial charge < -0.3 is 9.84 Å². The zero-order chi connectivity index (χ0) is 14.6. The van der Waals surface area contributed by atoms with Crippen molar-refractivity contribution in [3.05, 3.63) is 11.7 Å². The molecule has 0 bridgehead atoms. The van der Waals surface area contributed by atoms with Gasteiger partial charge in [0.25, 0.3) is 0 Å². The largest absolute Gasteiger partial charge is 0.340 e. The fraction of sp³-hybridized carbons (Fsp3) is 0.875. The van der Waals surface area contributed by atoms with Gasteiger partial charge in [-0.05, 0) is 12.8 Å². The van der Waals surface area contributed by atoms with Gasteiger partial charge in [-0.2, -0.15) is 4.98 Å². The Balaban J connectivity index is 2.23. The molecule has 1 aromatic rings. The summed E-state index contributed by atoms with van der Waals surface area (Å²) in [5.74, 6) is 1.47. The van der Waals surface area contributed by atoms with Crippen LogP contribution in [-0.4, -0.2) is 22.7 Å². The van der Waals surface area contributed by atoms with Crippen LogP contribution in [0.3, 0.4) is 0 Å². The van der Waals surface area contributed by atoms with Gasteiger partial charge in [-0.15, -0.1) is 0 Å². The van der Waals surface area contributed by atoms with Crippen molar-refractivity contribution in [2.75, 3.05) is 6.54 Å². The van der Waals surface area contributed by atoms with Gasteiger partial charge in [0, 0.05) is 25.9 Å². The molecule has 4 heteroatoms. The summed E-state index contributed by atoms with van der Waals surface area (Å²) in [7, 11) is 0. The van der Waals surface area contributed by atoms with Crippen molar-refractivity contribution in [1.29, 1.82) is 0 Å². The lowest BCUT2D eigenvalue weighted by molar-refractivity contribution is 0.383. The number of nitrogens with zero attached hydrogens (tertiary/aromatic N) is 2. The highest BCUT2D eigenvalue weighted by atomic mass is 16.5. The van der Waals surface area contributed by atoms with Gasteiger partial charge in [0.05, 0.1) is 0 Å². The number of nitrogens with one attached hydrogen (secondary N) is 1. The van der Waals surface area contributed by atoms with Gasteiger partial charge in [-0.3, -0.25) is 0 Å². The molecule has 0 saturated carbocycles. The lowest BCUT2D eigenvalue weighted by Crippen LogP contribution is -2.31. The second-order valence-electron chi connectivity index (χ2n) is 5.62. The molecule has 4 nitrogen and oxygen atoms in total. The average Bonchev–Trinajstić information content (AvgIpc) is 2.84. The van der Waals surface area contributed by atoms with Crippen molar-refractivity contribution >= 4 is 0 Å². The third kappa shape index (κ3) is 7.63. The van der Waals surface area contributed by atoms with Crippen molar-refractivity contribution in [3.63, 3.8) is 0 Å². The molecule has 1 heterocycles. The Kier molecular flexibility index (Phi) is 9.29. The molecule has 0 aliphatic carbocycles. The highest BCUT2D eigenvalue weighted by Gasteiger charge is 2.08. The van der Waals surface area contributed by atoms with Crippen LogP contribution >= 0.6 is 0 Å². The van der Waals surface area contributed by atoms with Gasteiger partial charge >= 0.3 is 0 Å². The fourth-order valence-electron chi connectivity index (χ4n) is 2.46. The van der Waals surface area contributed by atoms with Crippen LogP contribution in [0, 0.1) is 6.92 Å². The Morgan fingerprint density at radius 2 is 1.70 bits per heavy atom. The predicted octanol–water partition coefficient (Wildman–Crippen LogP) is 4.04. The maximum absolute atomic E-state index is 4.99. The van der Waals surface area contributed by atoms with E-state index >= 15 is 0 Å². The minimum absolute atomic E-state index is 0.654. The van der Waals surface area contributed by atoms with E-state index in [1.807, 2.05) is 6.92 Å². The monoisotopic (exact) mass is 281 g/mol. The minimum Gasteiger partial charge on any atom is -0.340 e. The zero-order valence-electron chi connectivity index (χ0n) is 13.5. The van der Waals surface area contributed by atoms with Crippen molar-refractivity contribution in [1.82, 2.24) is 15.5 Å². The number of hydrogen-bond donors (Lipinski definition) is 1. The van der Waals surface area contributed by atoms with Crippen LogP contribution in [0.4, 0.5) is 0 Å². The van der Waals surface area contributed by atoms with Crippen LogP contribution in [0.2, 0.25) is 0 Å². The summed E-state index contributed by atoms with van der Waals surface area (Å²) in [6, 6.07) is 0.654. The molecular formula is C16H31N3O. The maximum atomic E-state index is 4.99. The predicted molar refractivity (Wildman–Crippen MR) is 82.8 cm³/mol. The molecule has 0 aromatic carbocycles. The van der Waals surface area contributed by atoms with Gasteiger partial charge in [0.1, 0.15) is 0 Å². The van der Waals surface area contributed by atoms with Gasteiger partial charge in [0.2, 0.25) is 5.89 Å². The molecular weight excluding hydrogens is 250 g/mol. The minimum atomic E-state index is 0.654. The lowest BCUT2D eigenvalue weighted by Gasteiger charge is -2.18. The van der Waals surface area contributed by atoms with E-state index in [9.17, 15) is 0 Å². The van der Waals surface area contributed by atoms with Crippen molar-refractivity contribution in [2.24, 2.45) is 0 Å². The smallest absolute Gasteiger partial charge is 0.223 e.